The van der Waals surface area contributed by atoms with E-state index in [2.05, 4.69) is 20.7 Å². The fourth-order valence-electron chi connectivity index (χ4n) is 5.77. The average molecular weight is 395 g/mol. The van der Waals surface area contributed by atoms with Gasteiger partial charge in [-0.1, -0.05) is 41.9 Å². The molecule has 29 heavy (non-hydrogen) atoms. The highest BCUT2D eigenvalue weighted by Gasteiger charge is 2.45. The van der Waals surface area contributed by atoms with Crippen molar-refractivity contribution >= 4 is 5.91 Å². The summed E-state index contributed by atoms with van der Waals surface area (Å²) in [5.74, 6) is 1.87. The lowest BCUT2D eigenvalue weighted by Gasteiger charge is -2.55. The summed E-state index contributed by atoms with van der Waals surface area (Å²) in [4.78, 5) is 15.9. The summed E-state index contributed by atoms with van der Waals surface area (Å²) in [6.07, 6.45) is 5.20. The van der Waals surface area contributed by atoms with E-state index in [9.17, 15) is 4.79 Å². The van der Waals surface area contributed by atoms with Crippen LogP contribution < -0.4 is 10.6 Å². The van der Waals surface area contributed by atoms with E-state index < -0.39 is 0 Å². The molecule has 0 radical (unpaired) electrons. The van der Waals surface area contributed by atoms with Crippen LogP contribution in [0.15, 0.2) is 34.9 Å². The number of benzene rings is 1. The molecule has 3 saturated heterocycles. The first-order chi connectivity index (χ1) is 14.2. The standard InChI is InChI=1S/C23H30N4O2/c1-15-21(22(26-29-15)16-7-3-2-4-8-16)23(28)25-14-20-18-11-17(12-24-13-18)19-9-5-6-10-27(19)20/h2-4,7-8,17-20,24H,5-6,9-14H2,1H3,(H,25,28)/t17-,18+,19+,20+/m1/s1. The van der Waals surface area contributed by atoms with E-state index >= 15 is 0 Å². The van der Waals surface area contributed by atoms with E-state index in [-0.39, 0.29) is 5.91 Å². The van der Waals surface area contributed by atoms with Crippen LogP contribution in [0.2, 0.25) is 0 Å². The number of piperidine rings is 3. The summed E-state index contributed by atoms with van der Waals surface area (Å²) >= 11 is 0. The minimum atomic E-state index is -0.0814. The van der Waals surface area contributed by atoms with E-state index in [1.807, 2.05) is 37.3 Å². The first-order valence-corrected chi connectivity index (χ1v) is 11.0. The van der Waals surface area contributed by atoms with Gasteiger partial charge >= 0.3 is 0 Å². The van der Waals surface area contributed by atoms with Crippen LogP contribution in [-0.4, -0.2) is 54.2 Å². The molecule has 2 aromatic rings. The van der Waals surface area contributed by atoms with Crippen LogP contribution in [0.5, 0.6) is 0 Å². The smallest absolute Gasteiger partial charge is 0.257 e. The predicted octanol–water partition coefficient (Wildman–Crippen LogP) is 2.84. The van der Waals surface area contributed by atoms with Crippen LogP contribution >= 0.6 is 0 Å². The van der Waals surface area contributed by atoms with Crippen LogP contribution in [0, 0.1) is 18.8 Å². The molecule has 1 aromatic heterocycles. The van der Waals surface area contributed by atoms with Gasteiger partial charge in [0, 0.05) is 24.2 Å². The Balaban J connectivity index is 1.34. The Bertz CT molecular complexity index is 865. The number of nitrogens with one attached hydrogen (secondary N) is 2. The molecule has 154 valence electrons. The molecule has 0 spiro atoms. The number of amides is 1. The van der Waals surface area contributed by atoms with Crippen molar-refractivity contribution in [3.8, 4) is 11.3 Å². The largest absolute Gasteiger partial charge is 0.360 e. The first kappa shape index (κ1) is 18.8. The lowest BCUT2D eigenvalue weighted by atomic mass is 9.73. The molecule has 3 fully saturated rings. The highest BCUT2D eigenvalue weighted by molar-refractivity contribution is 6.00. The van der Waals surface area contributed by atoms with Crippen molar-refractivity contribution in [1.29, 1.82) is 0 Å². The molecule has 0 unspecified atom stereocenters. The lowest BCUT2D eigenvalue weighted by molar-refractivity contribution is -0.0371. The molecule has 6 heteroatoms. The summed E-state index contributed by atoms with van der Waals surface area (Å²) in [5, 5.41) is 11.0. The van der Waals surface area contributed by atoms with Gasteiger partial charge in [0.15, 0.2) is 0 Å². The van der Waals surface area contributed by atoms with Crippen molar-refractivity contribution in [2.24, 2.45) is 11.8 Å². The SMILES string of the molecule is Cc1onc(-c2ccccc2)c1C(=O)NC[C@H]1[C@@H]2CNC[C@@H](C2)[C@@H]2CCCCN21. The van der Waals surface area contributed by atoms with Crippen molar-refractivity contribution in [3.05, 3.63) is 41.7 Å². The van der Waals surface area contributed by atoms with E-state index in [0.29, 0.717) is 41.6 Å². The predicted molar refractivity (Wildman–Crippen MR) is 112 cm³/mol. The van der Waals surface area contributed by atoms with Crippen LogP contribution in [0.1, 0.15) is 41.8 Å². The molecule has 2 bridgehead atoms. The van der Waals surface area contributed by atoms with Crippen molar-refractivity contribution < 1.29 is 9.32 Å². The Morgan fingerprint density at radius 3 is 2.93 bits per heavy atom. The van der Waals surface area contributed by atoms with Gasteiger partial charge in [0.05, 0.1) is 0 Å². The Morgan fingerprint density at radius 1 is 1.24 bits per heavy atom. The zero-order chi connectivity index (χ0) is 19.8. The number of nitrogens with zero attached hydrogens (tertiary/aromatic N) is 2. The Hall–Kier alpha value is -2.18. The maximum absolute atomic E-state index is 13.2. The number of carbonyl (C=O) groups is 1. The van der Waals surface area contributed by atoms with Gasteiger partial charge in [-0.3, -0.25) is 9.69 Å². The number of carbonyl (C=O) groups excluding carboxylic acids is 1. The number of aromatic nitrogens is 1. The zero-order valence-corrected chi connectivity index (χ0v) is 17.1. The Labute approximate surface area is 172 Å². The summed E-state index contributed by atoms with van der Waals surface area (Å²) in [5.41, 5.74) is 2.09. The molecule has 1 aromatic carbocycles. The summed E-state index contributed by atoms with van der Waals surface area (Å²) in [7, 11) is 0. The first-order valence-electron chi connectivity index (χ1n) is 11.0. The van der Waals surface area contributed by atoms with Gasteiger partial charge < -0.3 is 15.2 Å². The molecule has 1 amide bonds. The van der Waals surface area contributed by atoms with Crippen LogP contribution in [0.3, 0.4) is 0 Å². The van der Waals surface area contributed by atoms with Crippen molar-refractivity contribution in [1.82, 2.24) is 20.7 Å². The minimum Gasteiger partial charge on any atom is -0.360 e. The second kappa shape index (κ2) is 7.92. The van der Waals surface area contributed by atoms with Gasteiger partial charge in [-0.2, -0.15) is 0 Å². The molecule has 4 heterocycles. The molecule has 4 atom stereocenters. The van der Waals surface area contributed by atoms with E-state index in [0.717, 1.165) is 24.6 Å². The van der Waals surface area contributed by atoms with Gasteiger partial charge in [0.1, 0.15) is 17.0 Å². The zero-order valence-electron chi connectivity index (χ0n) is 17.1. The lowest BCUT2D eigenvalue weighted by Crippen LogP contribution is -2.65. The minimum absolute atomic E-state index is 0.0814. The van der Waals surface area contributed by atoms with Gasteiger partial charge in [-0.25, -0.2) is 0 Å². The molecule has 3 aliphatic rings. The molecule has 6 nitrogen and oxygen atoms in total. The van der Waals surface area contributed by atoms with Gasteiger partial charge in [-0.05, 0) is 57.7 Å². The van der Waals surface area contributed by atoms with Crippen molar-refractivity contribution in [2.45, 2.75) is 44.7 Å². The van der Waals surface area contributed by atoms with Crippen LogP contribution in [0.25, 0.3) is 11.3 Å². The van der Waals surface area contributed by atoms with E-state index in [4.69, 9.17) is 4.52 Å². The number of fused-ring (bicyclic) bond motifs is 4. The molecular formula is C23H30N4O2. The van der Waals surface area contributed by atoms with E-state index in [1.165, 1.54) is 32.2 Å². The average Bonchev–Trinajstić information content (AvgIpc) is 3.16. The molecule has 3 aliphatic heterocycles. The third-order valence-corrected chi connectivity index (χ3v) is 7.13. The van der Waals surface area contributed by atoms with Gasteiger partial charge in [0.25, 0.3) is 5.91 Å². The normalized spacial score (nSPS) is 29.3. The third kappa shape index (κ3) is 3.49. The number of rotatable bonds is 4. The quantitative estimate of drug-likeness (QED) is 0.835. The van der Waals surface area contributed by atoms with Gasteiger partial charge in [-0.15, -0.1) is 0 Å². The fourth-order valence-corrected chi connectivity index (χ4v) is 5.77. The Kier molecular flexibility index (Phi) is 5.14. The second-order valence-corrected chi connectivity index (χ2v) is 8.82. The van der Waals surface area contributed by atoms with Crippen LogP contribution in [0.4, 0.5) is 0 Å². The van der Waals surface area contributed by atoms with Crippen LogP contribution in [-0.2, 0) is 0 Å². The maximum atomic E-state index is 13.2. The maximum Gasteiger partial charge on any atom is 0.257 e. The highest BCUT2D eigenvalue weighted by atomic mass is 16.5. The second-order valence-electron chi connectivity index (χ2n) is 8.82. The monoisotopic (exact) mass is 394 g/mol. The molecule has 0 aliphatic carbocycles. The molecule has 0 saturated carbocycles. The Morgan fingerprint density at radius 2 is 2.07 bits per heavy atom. The van der Waals surface area contributed by atoms with Crippen molar-refractivity contribution in [3.63, 3.8) is 0 Å². The summed E-state index contributed by atoms with van der Waals surface area (Å²) in [6, 6.07) is 10.9. The molecule has 5 rings (SSSR count). The third-order valence-electron chi connectivity index (χ3n) is 7.13. The van der Waals surface area contributed by atoms with Crippen molar-refractivity contribution in [2.75, 3.05) is 26.2 Å². The molecular weight excluding hydrogens is 364 g/mol. The summed E-state index contributed by atoms with van der Waals surface area (Å²) < 4.78 is 5.38. The topological polar surface area (TPSA) is 70.4 Å². The highest BCUT2D eigenvalue weighted by Crippen LogP contribution is 2.38. The number of hydrogen-bond acceptors (Lipinski definition) is 5. The number of aryl methyl sites for hydroxylation is 1. The fraction of sp³-hybridized carbons (Fsp3) is 0.565. The van der Waals surface area contributed by atoms with Gasteiger partial charge in [0.2, 0.25) is 0 Å². The summed E-state index contributed by atoms with van der Waals surface area (Å²) in [6.45, 7) is 5.87. The van der Waals surface area contributed by atoms with E-state index in [1.54, 1.807) is 0 Å². The number of hydrogen-bond donors (Lipinski definition) is 2. The molecule has 2 N–H and O–H groups in total.